The molecule has 124 valence electrons. The zero-order valence-electron chi connectivity index (χ0n) is 14.8. The fourth-order valence-electron chi connectivity index (χ4n) is 2.91. The summed E-state index contributed by atoms with van der Waals surface area (Å²) in [5, 5.41) is 7.59. The van der Waals surface area contributed by atoms with Gasteiger partial charge in [-0.25, -0.2) is 0 Å². The van der Waals surface area contributed by atoms with E-state index in [2.05, 4.69) is 36.4 Å². The predicted molar refractivity (Wildman–Crippen MR) is 93.2 cm³/mol. The molecular formula is C19H27N3O. The van der Waals surface area contributed by atoms with Crippen LogP contribution < -0.4 is 5.32 Å². The summed E-state index contributed by atoms with van der Waals surface area (Å²) in [4.78, 5) is 12.5. The fourth-order valence-corrected chi connectivity index (χ4v) is 2.91. The van der Waals surface area contributed by atoms with Crippen molar-refractivity contribution in [1.29, 1.82) is 0 Å². The average molecular weight is 313 g/mol. The molecule has 1 aromatic carbocycles. The van der Waals surface area contributed by atoms with Crippen LogP contribution in [-0.2, 0) is 18.3 Å². The van der Waals surface area contributed by atoms with Crippen molar-refractivity contribution in [1.82, 2.24) is 15.1 Å². The molecule has 4 heteroatoms. The maximum absolute atomic E-state index is 12.5. The molecule has 4 nitrogen and oxygen atoms in total. The minimum absolute atomic E-state index is 0.0544. The van der Waals surface area contributed by atoms with Gasteiger partial charge in [0.25, 0.3) is 0 Å². The second-order valence-corrected chi connectivity index (χ2v) is 6.61. The number of nitrogens with zero attached hydrogens (tertiary/aromatic N) is 2. The van der Waals surface area contributed by atoms with Crippen LogP contribution >= 0.6 is 0 Å². The molecule has 1 N–H and O–H groups in total. The summed E-state index contributed by atoms with van der Waals surface area (Å²) >= 11 is 0. The maximum Gasteiger partial charge on any atom is 0.225 e. The highest BCUT2D eigenvalue weighted by molar-refractivity contribution is 5.79. The van der Waals surface area contributed by atoms with Gasteiger partial charge >= 0.3 is 0 Å². The third kappa shape index (κ3) is 4.44. The highest BCUT2D eigenvalue weighted by Crippen LogP contribution is 2.21. The van der Waals surface area contributed by atoms with E-state index >= 15 is 0 Å². The van der Waals surface area contributed by atoms with E-state index in [4.69, 9.17) is 0 Å². The van der Waals surface area contributed by atoms with Crippen LogP contribution in [0.25, 0.3) is 0 Å². The zero-order chi connectivity index (χ0) is 17.0. The van der Waals surface area contributed by atoms with Gasteiger partial charge < -0.3 is 5.32 Å². The van der Waals surface area contributed by atoms with Gasteiger partial charge in [-0.1, -0.05) is 44.2 Å². The van der Waals surface area contributed by atoms with E-state index in [-0.39, 0.29) is 11.9 Å². The predicted octanol–water partition coefficient (Wildman–Crippen LogP) is 3.48. The molecule has 2 rings (SSSR count). The van der Waals surface area contributed by atoms with Crippen molar-refractivity contribution in [2.24, 2.45) is 13.0 Å². The van der Waals surface area contributed by atoms with E-state index in [0.717, 1.165) is 28.9 Å². The standard InChI is InChI=1S/C19H27N3O/c1-13(2)11-18(16-9-7-6-8-10-16)20-19(23)12-17-14(3)21-22(5)15(17)4/h6-10,13,18H,11-12H2,1-5H3,(H,20,23). The first kappa shape index (κ1) is 17.3. The van der Waals surface area contributed by atoms with Crippen LogP contribution in [-0.4, -0.2) is 15.7 Å². The molecule has 0 fully saturated rings. The van der Waals surface area contributed by atoms with Crippen molar-refractivity contribution in [3.8, 4) is 0 Å². The fraction of sp³-hybridized carbons (Fsp3) is 0.474. The quantitative estimate of drug-likeness (QED) is 0.887. The van der Waals surface area contributed by atoms with E-state index in [1.807, 2.05) is 43.8 Å². The third-order valence-corrected chi connectivity index (χ3v) is 4.24. The minimum Gasteiger partial charge on any atom is -0.349 e. The Hall–Kier alpha value is -2.10. The van der Waals surface area contributed by atoms with Crippen molar-refractivity contribution < 1.29 is 4.79 Å². The Morgan fingerprint density at radius 2 is 1.87 bits per heavy atom. The SMILES string of the molecule is Cc1nn(C)c(C)c1CC(=O)NC(CC(C)C)c1ccccc1. The Morgan fingerprint density at radius 3 is 2.39 bits per heavy atom. The van der Waals surface area contributed by atoms with Gasteiger partial charge in [0.1, 0.15) is 0 Å². The summed E-state index contributed by atoms with van der Waals surface area (Å²) in [7, 11) is 1.91. The maximum atomic E-state index is 12.5. The third-order valence-electron chi connectivity index (χ3n) is 4.24. The second-order valence-electron chi connectivity index (χ2n) is 6.61. The van der Waals surface area contributed by atoms with E-state index in [1.54, 1.807) is 0 Å². The lowest BCUT2D eigenvalue weighted by Crippen LogP contribution is -2.31. The van der Waals surface area contributed by atoms with Crippen LogP contribution in [0, 0.1) is 19.8 Å². The summed E-state index contributed by atoms with van der Waals surface area (Å²) in [5.74, 6) is 0.570. The van der Waals surface area contributed by atoms with Crippen LogP contribution in [0.4, 0.5) is 0 Å². The molecule has 1 unspecified atom stereocenters. The van der Waals surface area contributed by atoms with Gasteiger partial charge in [0.05, 0.1) is 18.2 Å². The lowest BCUT2D eigenvalue weighted by Gasteiger charge is -2.21. The lowest BCUT2D eigenvalue weighted by molar-refractivity contribution is -0.121. The number of amides is 1. The Labute approximate surface area is 138 Å². The molecule has 1 heterocycles. The minimum atomic E-state index is 0.0544. The van der Waals surface area contributed by atoms with Crippen LogP contribution in [0.1, 0.15) is 48.8 Å². The molecule has 23 heavy (non-hydrogen) atoms. The number of carbonyl (C=O) groups excluding carboxylic acids is 1. The van der Waals surface area contributed by atoms with Crippen LogP contribution in [0.3, 0.4) is 0 Å². The van der Waals surface area contributed by atoms with Gasteiger partial charge in [0, 0.05) is 18.3 Å². The van der Waals surface area contributed by atoms with Crippen molar-refractivity contribution >= 4 is 5.91 Å². The normalized spacial score (nSPS) is 12.4. The van der Waals surface area contributed by atoms with Crippen molar-refractivity contribution in [3.63, 3.8) is 0 Å². The number of hydrogen-bond donors (Lipinski definition) is 1. The van der Waals surface area contributed by atoms with E-state index in [9.17, 15) is 4.79 Å². The number of benzene rings is 1. The number of aryl methyl sites for hydroxylation is 2. The van der Waals surface area contributed by atoms with Gasteiger partial charge in [0.15, 0.2) is 0 Å². The Morgan fingerprint density at radius 1 is 1.22 bits per heavy atom. The number of aromatic nitrogens is 2. The molecule has 1 aromatic heterocycles. The van der Waals surface area contributed by atoms with E-state index < -0.39 is 0 Å². The molecule has 0 aliphatic carbocycles. The van der Waals surface area contributed by atoms with Gasteiger partial charge in [-0.05, 0) is 31.7 Å². The molecule has 0 spiro atoms. The van der Waals surface area contributed by atoms with Crippen LogP contribution in [0.2, 0.25) is 0 Å². The topological polar surface area (TPSA) is 46.9 Å². The monoisotopic (exact) mass is 313 g/mol. The largest absolute Gasteiger partial charge is 0.349 e. The number of hydrogen-bond acceptors (Lipinski definition) is 2. The van der Waals surface area contributed by atoms with Crippen molar-refractivity contribution in [3.05, 3.63) is 52.8 Å². The molecule has 0 aliphatic heterocycles. The number of nitrogens with one attached hydrogen (secondary N) is 1. The highest BCUT2D eigenvalue weighted by Gasteiger charge is 2.18. The highest BCUT2D eigenvalue weighted by atomic mass is 16.1. The summed E-state index contributed by atoms with van der Waals surface area (Å²) < 4.78 is 1.83. The molecule has 0 bridgehead atoms. The van der Waals surface area contributed by atoms with Crippen molar-refractivity contribution in [2.75, 3.05) is 0 Å². The Balaban J connectivity index is 2.11. The van der Waals surface area contributed by atoms with Crippen LogP contribution in [0.15, 0.2) is 30.3 Å². The molecule has 0 saturated heterocycles. The first-order chi connectivity index (χ1) is 10.9. The molecule has 1 atom stereocenters. The summed E-state index contributed by atoms with van der Waals surface area (Å²) in [6, 6.07) is 10.2. The molecule has 0 radical (unpaired) electrons. The first-order valence-electron chi connectivity index (χ1n) is 8.21. The first-order valence-corrected chi connectivity index (χ1v) is 8.21. The summed E-state index contributed by atoms with van der Waals surface area (Å²) in [5.41, 5.74) is 4.17. The summed E-state index contributed by atoms with van der Waals surface area (Å²) in [6.07, 6.45) is 1.31. The van der Waals surface area contributed by atoms with Gasteiger partial charge in [-0.2, -0.15) is 5.10 Å². The number of carbonyl (C=O) groups is 1. The average Bonchev–Trinajstić information content (AvgIpc) is 2.73. The zero-order valence-corrected chi connectivity index (χ0v) is 14.8. The second kappa shape index (κ2) is 7.44. The molecule has 2 aromatic rings. The van der Waals surface area contributed by atoms with Gasteiger partial charge in [-0.15, -0.1) is 0 Å². The smallest absolute Gasteiger partial charge is 0.225 e. The molecule has 1 amide bonds. The number of rotatable bonds is 6. The molecule has 0 saturated carbocycles. The van der Waals surface area contributed by atoms with E-state index in [1.165, 1.54) is 0 Å². The van der Waals surface area contributed by atoms with E-state index in [0.29, 0.717) is 12.3 Å². The van der Waals surface area contributed by atoms with Gasteiger partial charge in [-0.3, -0.25) is 9.48 Å². The van der Waals surface area contributed by atoms with Crippen LogP contribution in [0.5, 0.6) is 0 Å². The lowest BCUT2D eigenvalue weighted by atomic mass is 9.96. The molecular weight excluding hydrogens is 286 g/mol. The Bertz CT molecular complexity index is 659. The van der Waals surface area contributed by atoms with Crippen molar-refractivity contribution in [2.45, 2.75) is 46.6 Å². The van der Waals surface area contributed by atoms with Gasteiger partial charge in [0.2, 0.25) is 5.91 Å². The Kier molecular flexibility index (Phi) is 5.59. The molecule has 0 aliphatic rings. The summed E-state index contributed by atoms with van der Waals surface area (Å²) in [6.45, 7) is 8.32.